The van der Waals surface area contributed by atoms with Crippen LogP contribution in [-0.2, 0) is 17.6 Å². The first-order valence-electron chi connectivity index (χ1n) is 13.1. The number of benzene rings is 3. The summed E-state index contributed by atoms with van der Waals surface area (Å²) >= 11 is 1.66. The van der Waals surface area contributed by atoms with Crippen molar-refractivity contribution in [3.05, 3.63) is 111 Å². The number of aromatic nitrogens is 2. The minimum absolute atomic E-state index is 0.114. The van der Waals surface area contributed by atoms with Crippen molar-refractivity contribution in [2.75, 3.05) is 0 Å². The molecule has 0 amide bonds. The zero-order valence-corrected chi connectivity index (χ0v) is 21.9. The summed E-state index contributed by atoms with van der Waals surface area (Å²) in [6.45, 7) is 4.19. The van der Waals surface area contributed by atoms with Gasteiger partial charge in [0.05, 0.1) is 16.9 Å². The highest BCUT2D eigenvalue weighted by Gasteiger charge is 2.43. The SMILES string of the molecule is Cc1ccc(CSc2nc3c(c(=O)n2-c2ccccc2C)C2(CCCCC2)Cc2ccccc2-3)cc1. The molecule has 0 N–H and O–H groups in total. The summed E-state index contributed by atoms with van der Waals surface area (Å²) in [6.07, 6.45) is 6.67. The predicted molar refractivity (Wildman–Crippen MR) is 149 cm³/mol. The first-order valence-corrected chi connectivity index (χ1v) is 14.0. The summed E-state index contributed by atoms with van der Waals surface area (Å²) in [5.74, 6) is 0.768. The molecule has 1 spiro atoms. The lowest BCUT2D eigenvalue weighted by atomic mass is 9.62. The van der Waals surface area contributed by atoms with Crippen LogP contribution in [0.25, 0.3) is 16.9 Å². The van der Waals surface area contributed by atoms with Gasteiger partial charge in [-0.3, -0.25) is 9.36 Å². The first-order chi connectivity index (χ1) is 17.6. The second-order valence-electron chi connectivity index (χ2n) is 10.5. The maximum Gasteiger partial charge on any atom is 0.263 e. The van der Waals surface area contributed by atoms with Crippen LogP contribution in [0, 0.1) is 13.8 Å². The van der Waals surface area contributed by atoms with Crippen molar-refractivity contribution >= 4 is 11.8 Å². The van der Waals surface area contributed by atoms with Crippen molar-refractivity contribution in [2.24, 2.45) is 0 Å². The van der Waals surface area contributed by atoms with Gasteiger partial charge in [-0.15, -0.1) is 0 Å². The van der Waals surface area contributed by atoms with Gasteiger partial charge < -0.3 is 0 Å². The van der Waals surface area contributed by atoms with Crippen LogP contribution in [0.15, 0.2) is 82.7 Å². The summed E-state index contributed by atoms with van der Waals surface area (Å²) in [7, 11) is 0. The van der Waals surface area contributed by atoms with Gasteiger partial charge in [-0.05, 0) is 55.9 Å². The van der Waals surface area contributed by atoms with E-state index < -0.39 is 0 Å². The van der Waals surface area contributed by atoms with E-state index in [1.165, 1.54) is 36.0 Å². The molecule has 1 aromatic heterocycles. The molecule has 1 fully saturated rings. The number of aryl methyl sites for hydroxylation is 2. The van der Waals surface area contributed by atoms with E-state index in [1.807, 2.05) is 16.7 Å². The molecule has 4 heteroatoms. The van der Waals surface area contributed by atoms with E-state index >= 15 is 0 Å². The van der Waals surface area contributed by atoms with E-state index in [9.17, 15) is 4.79 Å². The van der Waals surface area contributed by atoms with Crippen molar-refractivity contribution in [1.29, 1.82) is 0 Å². The maximum absolute atomic E-state index is 14.6. The minimum atomic E-state index is -0.114. The van der Waals surface area contributed by atoms with Crippen LogP contribution >= 0.6 is 11.8 Å². The molecule has 4 aromatic rings. The molecule has 182 valence electrons. The number of para-hydroxylation sites is 1. The van der Waals surface area contributed by atoms with E-state index in [1.54, 1.807) is 11.8 Å². The Kier molecular flexibility index (Phi) is 6.08. The number of hydrogen-bond donors (Lipinski definition) is 0. The fourth-order valence-electron chi connectivity index (χ4n) is 6.14. The van der Waals surface area contributed by atoms with Crippen LogP contribution in [0.5, 0.6) is 0 Å². The fourth-order valence-corrected chi connectivity index (χ4v) is 7.10. The third-order valence-electron chi connectivity index (χ3n) is 8.04. The number of thioether (sulfide) groups is 1. The maximum atomic E-state index is 14.6. The number of fused-ring (bicyclic) bond motifs is 4. The fraction of sp³-hybridized carbons (Fsp3) is 0.312. The monoisotopic (exact) mass is 492 g/mol. The number of nitrogens with zero attached hydrogens (tertiary/aromatic N) is 2. The van der Waals surface area contributed by atoms with Gasteiger partial charge >= 0.3 is 0 Å². The summed E-state index contributed by atoms with van der Waals surface area (Å²) in [6, 6.07) is 25.4. The van der Waals surface area contributed by atoms with Gasteiger partial charge in [-0.25, -0.2) is 4.98 Å². The molecule has 6 rings (SSSR count). The average molecular weight is 493 g/mol. The summed E-state index contributed by atoms with van der Waals surface area (Å²) in [4.78, 5) is 20.0. The topological polar surface area (TPSA) is 34.9 Å². The Morgan fingerprint density at radius 3 is 2.39 bits per heavy atom. The van der Waals surface area contributed by atoms with Gasteiger partial charge in [0, 0.05) is 16.7 Å². The Bertz CT molecular complexity index is 1480. The molecule has 2 aliphatic carbocycles. The standard InChI is InChI=1S/C32H32N2OS/c1-22-14-16-24(17-15-22)21-36-31-33-29-26-12-6-5-11-25(26)20-32(18-8-3-9-19-32)28(29)30(35)34(31)27-13-7-4-10-23(27)2/h4-7,10-17H,3,8-9,18-21H2,1-2H3. The molecule has 0 aliphatic heterocycles. The van der Waals surface area contributed by atoms with Crippen LogP contribution in [0.1, 0.15) is 59.9 Å². The molecule has 0 atom stereocenters. The molecule has 1 heterocycles. The zero-order valence-electron chi connectivity index (χ0n) is 21.1. The normalized spacial score (nSPS) is 15.9. The minimum Gasteiger partial charge on any atom is -0.268 e. The van der Waals surface area contributed by atoms with E-state index in [0.717, 1.165) is 58.2 Å². The summed E-state index contributed by atoms with van der Waals surface area (Å²) in [5.41, 5.74) is 8.86. The highest BCUT2D eigenvalue weighted by atomic mass is 32.2. The second kappa shape index (κ2) is 9.40. The van der Waals surface area contributed by atoms with Crippen LogP contribution in [0.3, 0.4) is 0 Å². The van der Waals surface area contributed by atoms with Gasteiger partial charge in [0.1, 0.15) is 0 Å². The van der Waals surface area contributed by atoms with E-state index in [0.29, 0.717) is 0 Å². The van der Waals surface area contributed by atoms with Gasteiger partial charge in [-0.2, -0.15) is 0 Å². The zero-order chi connectivity index (χ0) is 24.7. The Morgan fingerprint density at radius 2 is 1.61 bits per heavy atom. The molecule has 3 aromatic carbocycles. The highest BCUT2D eigenvalue weighted by Crippen LogP contribution is 2.49. The van der Waals surface area contributed by atoms with Gasteiger partial charge in [0.25, 0.3) is 5.56 Å². The molecule has 2 aliphatic rings. The van der Waals surface area contributed by atoms with E-state index in [2.05, 4.69) is 74.5 Å². The molecular weight excluding hydrogens is 460 g/mol. The molecule has 0 bridgehead atoms. The van der Waals surface area contributed by atoms with Crippen LogP contribution in [0.2, 0.25) is 0 Å². The third-order valence-corrected chi connectivity index (χ3v) is 9.05. The molecule has 0 saturated heterocycles. The Morgan fingerprint density at radius 1 is 0.889 bits per heavy atom. The third kappa shape index (κ3) is 4.02. The van der Waals surface area contributed by atoms with Crippen LogP contribution < -0.4 is 5.56 Å². The predicted octanol–water partition coefficient (Wildman–Crippen LogP) is 7.57. The van der Waals surface area contributed by atoms with Crippen molar-refractivity contribution in [1.82, 2.24) is 9.55 Å². The number of hydrogen-bond acceptors (Lipinski definition) is 3. The Balaban J connectivity index is 1.58. The van der Waals surface area contributed by atoms with Crippen molar-refractivity contribution in [3.63, 3.8) is 0 Å². The van der Waals surface area contributed by atoms with Gasteiger partial charge in [0.2, 0.25) is 0 Å². The van der Waals surface area contributed by atoms with Crippen molar-refractivity contribution in [3.8, 4) is 16.9 Å². The van der Waals surface area contributed by atoms with Crippen molar-refractivity contribution in [2.45, 2.75) is 68.7 Å². The molecule has 0 unspecified atom stereocenters. The smallest absolute Gasteiger partial charge is 0.263 e. The molecule has 3 nitrogen and oxygen atoms in total. The Hall–Kier alpha value is -3.11. The average Bonchev–Trinajstić information content (AvgIpc) is 2.89. The van der Waals surface area contributed by atoms with Crippen molar-refractivity contribution < 1.29 is 0 Å². The quantitative estimate of drug-likeness (QED) is 0.218. The summed E-state index contributed by atoms with van der Waals surface area (Å²) in [5, 5.41) is 0.774. The lowest BCUT2D eigenvalue weighted by molar-refractivity contribution is 0.283. The highest BCUT2D eigenvalue weighted by molar-refractivity contribution is 7.98. The van der Waals surface area contributed by atoms with E-state index in [-0.39, 0.29) is 11.0 Å². The molecule has 0 radical (unpaired) electrons. The Labute approximate surface area is 217 Å². The molecule has 36 heavy (non-hydrogen) atoms. The first kappa shape index (κ1) is 23.3. The lowest BCUT2D eigenvalue weighted by Crippen LogP contribution is -2.43. The molecule has 1 saturated carbocycles. The van der Waals surface area contributed by atoms with Gasteiger partial charge in [0.15, 0.2) is 5.16 Å². The second-order valence-corrected chi connectivity index (χ2v) is 11.4. The largest absolute Gasteiger partial charge is 0.268 e. The lowest BCUT2D eigenvalue weighted by Gasteiger charge is -2.42. The molecular formula is C32H32N2OS. The van der Waals surface area contributed by atoms with Gasteiger partial charge in [-0.1, -0.05) is 103 Å². The van der Waals surface area contributed by atoms with E-state index in [4.69, 9.17) is 4.98 Å². The van der Waals surface area contributed by atoms with Crippen LogP contribution in [0.4, 0.5) is 0 Å². The van der Waals surface area contributed by atoms with Crippen LogP contribution in [-0.4, -0.2) is 9.55 Å². The number of rotatable bonds is 4. The summed E-state index contributed by atoms with van der Waals surface area (Å²) < 4.78 is 1.91.